The monoisotopic (exact) mass is 374 g/mol. The lowest BCUT2D eigenvalue weighted by atomic mass is 9.97. The largest absolute Gasteiger partial charge is 0.461 e. The van der Waals surface area contributed by atoms with E-state index in [2.05, 4.69) is 22.1 Å². The van der Waals surface area contributed by atoms with Gasteiger partial charge in [-0.3, -0.25) is 9.36 Å². The van der Waals surface area contributed by atoms with Gasteiger partial charge in [0, 0.05) is 12.6 Å². The Labute approximate surface area is 158 Å². The van der Waals surface area contributed by atoms with Crippen LogP contribution in [0, 0.1) is 0 Å². The summed E-state index contributed by atoms with van der Waals surface area (Å²) in [5, 5.41) is 12.3. The number of hydrogen-bond donors (Lipinski definition) is 1. The molecule has 0 spiro atoms. The first-order valence-electron chi connectivity index (χ1n) is 9.28. The molecule has 0 atom stereocenters. The average molecular weight is 375 g/mol. The molecule has 1 saturated carbocycles. The molecular weight excluding hydrogens is 348 g/mol. The Morgan fingerprint density at radius 2 is 2.08 bits per heavy atom. The molecule has 0 aliphatic heterocycles. The van der Waals surface area contributed by atoms with Gasteiger partial charge in [-0.15, -0.1) is 16.8 Å². The minimum atomic E-state index is 0.0632. The first kappa shape index (κ1) is 18.8. The van der Waals surface area contributed by atoms with E-state index in [-0.39, 0.29) is 5.91 Å². The smallest absolute Gasteiger partial charge is 0.230 e. The second-order valence-corrected chi connectivity index (χ2v) is 7.52. The summed E-state index contributed by atoms with van der Waals surface area (Å²) in [5.74, 6) is 1.71. The van der Waals surface area contributed by atoms with E-state index in [1.807, 2.05) is 16.7 Å². The number of aromatic nitrogens is 3. The summed E-state index contributed by atoms with van der Waals surface area (Å²) in [4.78, 5) is 12.4. The summed E-state index contributed by atoms with van der Waals surface area (Å²) < 4.78 is 7.34. The molecule has 1 N–H and O–H groups in total. The fraction of sp³-hybridized carbons (Fsp3) is 0.526. The van der Waals surface area contributed by atoms with E-state index >= 15 is 0 Å². The molecule has 1 amide bonds. The predicted molar refractivity (Wildman–Crippen MR) is 103 cm³/mol. The maximum absolute atomic E-state index is 12.4. The van der Waals surface area contributed by atoms with Gasteiger partial charge in [-0.2, -0.15) is 0 Å². The molecule has 0 bridgehead atoms. The number of rotatable bonds is 7. The molecule has 26 heavy (non-hydrogen) atoms. The van der Waals surface area contributed by atoms with Gasteiger partial charge in [0.2, 0.25) is 11.7 Å². The van der Waals surface area contributed by atoms with Gasteiger partial charge in [-0.05, 0) is 25.0 Å². The molecule has 1 aliphatic rings. The summed E-state index contributed by atoms with van der Waals surface area (Å²) in [6.45, 7) is 4.36. The number of furan rings is 1. The zero-order valence-corrected chi connectivity index (χ0v) is 15.8. The maximum atomic E-state index is 12.4. The van der Waals surface area contributed by atoms with Crippen LogP contribution in [0.5, 0.6) is 0 Å². The molecule has 1 aliphatic carbocycles. The van der Waals surface area contributed by atoms with Gasteiger partial charge in [0.05, 0.1) is 12.0 Å². The van der Waals surface area contributed by atoms with Crippen LogP contribution in [0.1, 0.15) is 44.9 Å². The van der Waals surface area contributed by atoms with Crippen LogP contribution >= 0.6 is 11.8 Å². The number of carbonyl (C=O) groups excluding carboxylic acids is 1. The van der Waals surface area contributed by atoms with Crippen molar-refractivity contribution in [2.24, 2.45) is 0 Å². The number of nitrogens with one attached hydrogen (secondary N) is 1. The van der Waals surface area contributed by atoms with Crippen molar-refractivity contribution in [3.8, 4) is 11.6 Å². The van der Waals surface area contributed by atoms with E-state index in [0.717, 1.165) is 12.8 Å². The topological polar surface area (TPSA) is 73.0 Å². The van der Waals surface area contributed by atoms with E-state index in [1.54, 1.807) is 12.3 Å². The molecule has 7 heteroatoms. The SMILES string of the molecule is C=CCn1c(SCC(=O)NC2CCCCCCC2)nnc1-c1ccco1. The van der Waals surface area contributed by atoms with E-state index in [1.165, 1.54) is 43.9 Å². The normalized spacial score (nSPS) is 16.0. The van der Waals surface area contributed by atoms with E-state index in [0.29, 0.717) is 35.1 Å². The average Bonchev–Trinajstić information content (AvgIpc) is 3.25. The lowest BCUT2D eigenvalue weighted by Gasteiger charge is -2.20. The minimum Gasteiger partial charge on any atom is -0.461 e. The number of amides is 1. The second-order valence-electron chi connectivity index (χ2n) is 6.58. The van der Waals surface area contributed by atoms with Crippen molar-refractivity contribution in [1.29, 1.82) is 0 Å². The molecular formula is C19H26N4O2S. The lowest BCUT2D eigenvalue weighted by molar-refractivity contribution is -0.119. The van der Waals surface area contributed by atoms with Crippen molar-refractivity contribution >= 4 is 17.7 Å². The Kier molecular flexibility index (Phi) is 6.94. The first-order chi connectivity index (χ1) is 12.8. The van der Waals surface area contributed by atoms with E-state index in [9.17, 15) is 4.79 Å². The van der Waals surface area contributed by atoms with Crippen molar-refractivity contribution in [1.82, 2.24) is 20.1 Å². The standard InChI is InChI=1S/C19H26N4O2S/c1-2-12-23-18(16-11-8-13-25-16)21-22-19(23)26-14-17(24)20-15-9-6-4-3-5-7-10-15/h2,8,11,13,15H,1,3-7,9-10,12,14H2,(H,20,24). The highest BCUT2D eigenvalue weighted by Crippen LogP contribution is 2.24. The third-order valence-corrected chi connectivity index (χ3v) is 5.54. The fourth-order valence-corrected chi connectivity index (χ4v) is 4.04. The molecule has 2 aromatic rings. The number of nitrogens with zero attached hydrogens (tertiary/aromatic N) is 3. The number of hydrogen-bond acceptors (Lipinski definition) is 5. The van der Waals surface area contributed by atoms with E-state index in [4.69, 9.17) is 4.42 Å². The summed E-state index contributed by atoms with van der Waals surface area (Å²) >= 11 is 1.40. The summed E-state index contributed by atoms with van der Waals surface area (Å²) in [6.07, 6.45) is 11.9. The van der Waals surface area contributed by atoms with Crippen LogP contribution < -0.4 is 5.32 Å². The summed E-state index contributed by atoms with van der Waals surface area (Å²) in [7, 11) is 0. The van der Waals surface area contributed by atoms with Crippen LogP contribution in [0.4, 0.5) is 0 Å². The molecule has 0 unspecified atom stereocenters. The predicted octanol–water partition coefficient (Wildman–Crippen LogP) is 4.05. The maximum Gasteiger partial charge on any atom is 0.230 e. The van der Waals surface area contributed by atoms with Gasteiger partial charge in [0.1, 0.15) is 0 Å². The molecule has 6 nitrogen and oxygen atoms in total. The number of carbonyl (C=O) groups is 1. The van der Waals surface area contributed by atoms with Crippen molar-refractivity contribution < 1.29 is 9.21 Å². The van der Waals surface area contributed by atoms with E-state index < -0.39 is 0 Å². The zero-order valence-electron chi connectivity index (χ0n) is 15.0. The molecule has 3 rings (SSSR count). The highest BCUT2D eigenvalue weighted by molar-refractivity contribution is 7.99. The first-order valence-corrected chi connectivity index (χ1v) is 10.3. The van der Waals surface area contributed by atoms with Crippen molar-refractivity contribution in [2.75, 3.05) is 5.75 Å². The third kappa shape index (κ3) is 5.00. The molecule has 2 heterocycles. The Morgan fingerprint density at radius 3 is 2.77 bits per heavy atom. The molecule has 0 aromatic carbocycles. The van der Waals surface area contributed by atoms with Gasteiger partial charge >= 0.3 is 0 Å². The molecule has 0 radical (unpaired) electrons. The highest BCUT2D eigenvalue weighted by Gasteiger charge is 2.18. The Morgan fingerprint density at radius 1 is 1.31 bits per heavy atom. The summed E-state index contributed by atoms with van der Waals surface area (Å²) in [5.41, 5.74) is 0. The fourth-order valence-electron chi connectivity index (χ4n) is 3.28. The number of thioether (sulfide) groups is 1. The van der Waals surface area contributed by atoms with Crippen molar-refractivity contribution in [2.45, 2.75) is 62.7 Å². The van der Waals surface area contributed by atoms with Gasteiger partial charge in [-0.1, -0.05) is 49.9 Å². The quantitative estimate of drug-likeness (QED) is 0.585. The summed E-state index contributed by atoms with van der Waals surface area (Å²) in [6, 6.07) is 3.98. The van der Waals surface area contributed by atoms with Gasteiger partial charge in [-0.25, -0.2) is 0 Å². The van der Waals surface area contributed by atoms with Crippen molar-refractivity contribution in [3.05, 3.63) is 31.1 Å². The highest BCUT2D eigenvalue weighted by atomic mass is 32.2. The van der Waals surface area contributed by atoms with Gasteiger partial charge in [0.25, 0.3) is 0 Å². The number of allylic oxidation sites excluding steroid dienone is 1. The Balaban J connectivity index is 1.58. The van der Waals surface area contributed by atoms with Gasteiger partial charge < -0.3 is 9.73 Å². The van der Waals surface area contributed by atoms with Crippen LogP contribution in [-0.2, 0) is 11.3 Å². The van der Waals surface area contributed by atoms with Crippen LogP contribution in [0.15, 0.2) is 40.6 Å². The lowest BCUT2D eigenvalue weighted by Crippen LogP contribution is -2.36. The van der Waals surface area contributed by atoms with Crippen LogP contribution in [0.25, 0.3) is 11.6 Å². The Hall–Kier alpha value is -2.02. The molecule has 140 valence electrons. The molecule has 2 aromatic heterocycles. The molecule has 0 saturated heterocycles. The Bertz CT molecular complexity index is 703. The third-order valence-electron chi connectivity index (χ3n) is 4.57. The second kappa shape index (κ2) is 9.62. The van der Waals surface area contributed by atoms with Crippen LogP contribution in [0.3, 0.4) is 0 Å². The van der Waals surface area contributed by atoms with Gasteiger partial charge in [0.15, 0.2) is 10.9 Å². The zero-order chi connectivity index (χ0) is 18.2. The van der Waals surface area contributed by atoms with Crippen LogP contribution in [-0.4, -0.2) is 32.5 Å². The van der Waals surface area contributed by atoms with Crippen LogP contribution in [0.2, 0.25) is 0 Å². The molecule has 1 fully saturated rings. The van der Waals surface area contributed by atoms with Crippen molar-refractivity contribution in [3.63, 3.8) is 0 Å². The minimum absolute atomic E-state index is 0.0632.